The Bertz CT molecular complexity index is 101. The van der Waals surface area contributed by atoms with Crippen molar-refractivity contribution in [1.82, 2.24) is 0 Å². The summed E-state index contributed by atoms with van der Waals surface area (Å²) in [4.78, 5) is 10.7. The molecule has 0 spiro atoms. The molecule has 0 aromatic rings. The van der Waals surface area contributed by atoms with Crippen LogP contribution >= 0.6 is 22.6 Å². The summed E-state index contributed by atoms with van der Waals surface area (Å²) in [6.07, 6.45) is 0.910. The van der Waals surface area contributed by atoms with Crippen molar-refractivity contribution in [2.75, 3.05) is 11.5 Å². The first-order valence-corrected chi connectivity index (χ1v) is 4.38. The Hall–Kier alpha value is 1.93. The molecule has 0 saturated carbocycles. The van der Waals surface area contributed by atoms with E-state index in [1.165, 1.54) is 7.11 Å². The molecular formula is C6H11I2NaO2. The van der Waals surface area contributed by atoms with E-state index >= 15 is 0 Å². The van der Waals surface area contributed by atoms with E-state index in [1.54, 1.807) is 0 Å². The summed E-state index contributed by atoms with van der Waals surface area (Å²) in [5.41, 5.74) is 0. The zero-order chi connectivity index (χ0) is 7.28. The summed E-state index contributed by atoms with van der Waals surface area (Å²) >= 11 is 2.24. The monoisotopic (exact) mass is 392 g/mol. The van der Waals surface area contributed by atoms with Crippen LogP contribution in [-0.4, -0.2) is 17.5 Å². The van der Waals surface area contributed by atoms with Crippen LogP contribution in [0.4, 0.5) is 0 Å². The van der Waals surface area contributed by atoms with E-state index < -0.39 is 0 Å². The van der Waals surface area contributed by atoms with E-state index in [4.69, 9.17) is 0 Å². The Labute approximate surface area is 121 Å². The number of carbonyl (C=O) groups excluding carboxylic acids is 1. The first kappa shape index (κ1) is 18.7. The maximum atomic E-state index is 10.7. The Morgan fingerprint density at radius 3 is 2.36 bits per heavy atom. The van der Waals surface area contributed by atoms with Gasteiger partial charge in [-0.15, -0.1) is 0 Å². The zero-order valence-corrected chi connectivity index (χ0v) is 13.4. The summed E-state index contributed by atoms with van der Waals surface area (Å²) in [5.74, 6) is -0.0430. The van der Waals surface area contributed by atoms with Gasteiger partial charge in [-0.25, -0.2) is 0 Å². The van der Waals surface area contributed by atoms with Crippen LogP contribution in [0.1, 0.15) is 13.3 Å². The number of esters is 1. The van der Waals surface area contributed by atoms with Crippen LogP contribution in [0.5, 0.6) is 0 Å². The summed E-state index contributed by atoms with van der Waals surface area (Å²) < 4.78 is 5.53. The summed E-state index contributed by atoms with van der Waals surface area (Å²) in [7, 11) is 1.42. The Kier molecular flexibility index (Phi) is 20.2. The van der Waals surface area contributed by atoms with Crippen molar-refractivity contribution >= 4 is 28.6 Å². The van der Waals surface area contributed by atoms with Crippen molar-refractivity contribution in [3.05, 3.63) is 0 Å². The molecule has 2 nitrogen and oxygen atoms in total. The molecule has 0 bridgehead atoms. The number of alkyl halides is 1. The number of hydrogen-bond donors (Lipinski definition) is 0. The predicted octanol–water partition coefficient (Wildman–Crippen LogP) is -4.37. The first-order chi connectivity index (χ1) is 4.22. The average molecular weight is 392 g/mol. The molecule has 0 aliphatic heterocycles. The summed E-state index contributed by atoms with van der Waals surface area (Å²) in [6, 6.07) is 0. The molecule has 0 rings (SSSR count). The fraction of sp³-hybridized carbons (Fsp3) is 0.833. The quantitative estimate of drug-likeness (QED) is 0.210. The van der Waals surface area contributed by atoms with Gasteiger partial charge in [-0.2, -0.15) is 0 Å². The second-order valence-corrected chi connectivity index (χ2v) is 2.98. The van der Waals surface area contributed by atoms with Crippen molar-refractivity contribution in [1.29, 1.82) is 0 Å². The standard InChI is InChI=1S/C6H11IO2.HI.Na/c1-5(3-4-7)6(8)9-2;;/h5H,3-4H2,1-2H3;1H;/q;;+1/p-1. The third-order valence-corrected chi connectivity index (χ3v) is 1.77. The van der Waals surface area contributed by atoms with Gasteiger partial charge in [0.25, 0.3) is 0 Å². The zero-order valence-electron chi connectivity index (χ0n) is 7.06. The van der Waals surface area contributed by atoms with Crippen molar-refractivity contribution in [3.63, 3.8) is 0 Å². The van der Waals surface area contributed by atoms with Crippen molar-refractivity contribution in [2.24, 2.45) is 5.92 Å². The molecule has 11 heavy (non-hydrogen) atoms. The number of halogens is 2. The maximum absolute atomic E-state index is 10.7. The van der Waals surface area contributed by atoms with E-state index in [0.29, 0.717) is 0 Å². The van der Waals surface area contributed by atoms with E-state index in [9.17, 15) is 4.79 Å². The van der Waals surface area contributed by atoms with E-state index in [2.05, 4.69) is 27.3 Å². The van der Waals surface area contributed by atoms with Crippen LogP contribution in [0.25, 0.3) is 0 Å². The first-order valence-electron chi connectivity index (χ1n) is 2.86. The molecule has 0 aromatic heterocycles. The molecule has 0 radical (unpaired) electrons. The number of rotatable bonds is 3. The molecule has 0 heterocycles. The minimum Gasteiger partial charge on any atom is -1.00 e. The Morgan fingerprint density at radius 2 is 2.09 bits per heavy atom. The minimum atomic E-state index is -0.105. The molecule has 1 atom stereocenters. The molecule has 0 amide bonds. The van der Waals surface area contributed by atoms with Gasteiger partial charge in [0.2, 0.25) is 0 Å². The predicted molar refractivity (Wildman–Crippen MR) is 44.7 cm³/mol. The summed E-state index contributed by atoms with van der Waals surface area (Å²) in [6.45, 7) is 1.88. The second-order valence-electron chi connectivity index (χ2n) is 1.90. The van der Waals surface area contributed by atoms with Gasteiger partial charge in [-0.1, -0.05) is 29.5 Å². The number of ether oxygens (including phenoxy) is 1. The van der Waals surface area contributed by atoms with Gasteiger partial charge in [0.05, 0.1) is 13.0 Å². The van der Waals surface area contributed by atoms with Gasteiger partial charge in [-0.3, -0.25) is 4.79 Å². The van der Waals surface area contributed by atoms with Crippen molar-refractivity contribution < 1.29 is 63.1 Å². The van der Waals surface area contributed by atoms with E-state index in [0.717, 1.165) is 10.8 Å². The topological polar surface area (TPSA) is 26.3 Å². The molecule has 0 aliphatic carbocycles. The fourth-order valence-corrected chi connectivity index (χ4v) is 1.42. The van der Waals surface area contributed by atoms with Crippen LogP contribution in [0, 0.1) is 5.92 Å². The smallest absolute Gasteiger partial charge is 1.00 e. The molecule has 1 unspecified atom stereocenters. The van der Waals surface area contributed by atoms with Gasteiger partial charge >= 0.3 is 35.5 Å². The molecular weight excluding hydrogens is 381 g/mol. The van der Waals surface area contributed by atoms with Gasteiger partial charge in [0.15, 0.2) is 0 Å². The molecule has 62 valence electrons. The average Bonchev–Trinajstić information content (AvgIpc) is 1.87. The molecule has 0 aromatic carbocycles. The van der Waals surface area contributed by atoms with E-state index in [1.807, 2.05) is 6.92 Å². The Balaban J connectivity index is -0.000000320. The molecule has 0 fully saturated rings. The van der Waals surface area contributed by atoms with Gasteiger partial charge < -0.3 is 28.7 Å². The maximum Gasteiger partial charge on any atom is 1.00 e. The van der Waals surface area contributed by atoms with Gasteiger partial charge in [-0.05, 0) is 6.42 Å². The summed E-state index contributed by atoms with van der Waals surface area (Å²) in [5, 5.41) is 0. The third kappa shape index (κ3) is 9.85. The van der Waals surface area contributed by atoms with E-state index in [-0.39, 0.29) is 65.4 Å². The fourth-order valence-electron chi connectivity index (χ4n) is 0.483. The van der Waals surface area contributed by atoms with Gasteiger partial charge in [0, 0.05) is 4.43 Å². The second kappa shape index (κ2) is 11.9. The molecule has 0 saturated heterocycles. The largest absolute Gasteiger partial charge is 1.00 e. The number of methoxy groups -OCH3 is 1. The van der Waals surface area contributed by atoms with Gasteiger partial charge in [0.1, 0.15) is 0 Å². The third-order valence-electron chi connectivity index (χ3n) is 1.15. The molecule has 0 aliphatic rings. The van der Waals surface area contributed by atoms with Crippen molar-refractivity contribution in [3.8, 4) is 0 Å². The SMILES string of the molecule is COC(=O)C(C)CCI.[I-].[Na+]. The molecule has 0 N–H and O–H groups in total. The number of carbonyl (C=O) groups is 1. The van der Waals surface area contributed by atoms with Crippen LogP contribution in [0.15, 0.2) is 0 Å². The van der Waals surface area contributed by atoms with Crippen LogP contribution in [0.3, 0.4) is 0 Å². The van der Waals surface area contributed by atoms with Crippen LogP contribution < -0.4 is 53.5 Å². The van der Waals surface area contributed by atoms with Crippen LogP contribution in [0.2, 0.25) is 0 Å². The molecule has 5 heteroatoms. The number of hydrogen-bond acceptors (Lipinski definition) is 2. The Morgan fingerprint density at radius 1 is 1.64 bits per heavy atom. The minimum absolute atomic E-state index is 0. The van der Waals surface area contributed by atoms with Crippen LogP contribution in [-0.2, 0) is 9.53 Å². The van der Waals surface area contributed by atoms with Crippen molar-refractivity contribution in [2.45, 2.75) is 13.3 Å². The normalized spacial score (nSPS) is 10.5.